The van der Waals surface area contributed by atoms with Crippen LogP contribution in [-0.4, -0.2) is 63.6 Å². The first kappa shape index (κ1) is 29.2. The second kappa shape index (κ2) is 15.9. The van der Waals surface area contributed by atoms with E-state index in [0.29, 0.717) is 5.75 Å². The van der Waals surface area contributed by atoms with E-state index >= 15 is 0 Å². The van der Waals surface area contributed by atoms with Crippen molar-refractivity contribution in [3.63, 3.8) is 0 Å². The van der Waals surface area contributed by atoms with Gasteiger partial charge in [-0.25, -0.2) is 4.39 Å². The lowest BCUT2D eigenvalue weighted by Crippen LogP contribution is -2.31. The summed E-state index contributed by atoms with van der Waals surface area (Å²) in [6.45, 7) is 1.10. The number of pyridine rings is 1. The van der Waals surface area contributed by atoms with Crippen LogP contribution in [0.3, 0.4) is 0 Å². The number of carboxylic acids is 2. The molecule has 0 atom stereocenters. The van der Waals surface area contributed by atoms with E-state index in [9.17, 15) is 23.6 Å². The minimum Gasteiger partial charge on any atom is -0.481 e. The van der Waals surface area contributed by atoms with Gasteiger partial charge in [0.2, 0.25) is 0 Å². The fourth-order valence-electron chi connectivity index (χ4n) is 2.43. The number of amides is 2. The standard InChI is InChI=1S/C21H22FN3O5S.C2H4O2/c22-17-5-3-14(4-6-17)12-31-13-18(26)11-25-21(30)16-8-15(9-23-10-16)20(29)24-7-1-2-19(27)28;1-2(3)4/h3-6,8-10H,1-2,7,11-13H2,(H,24,29)(H,25,30)(H,27,28);1H3,(H,3,4). The number of aliphatic carboxylic acids is 2. The Hall–Kier alpha value is -3.80. The first-order valence-corrected chi connectivity index (χ1v) is 11.5. The summed E-state index contributed by atoms with van der Waals surface area (Å²) in [5, 5.41) is 21.1. The van der Waals surface area contributed by atoms with Crippen molar-refractivity contribution in [2.45, 2.75) is 25.5 Å². The normalized spacial score (nSPS) is 9.89. The molecule has 10 nitrogen and oxygen atoms in total. The highest BCUT2D eigenvalue weighted by molar-refractivity contribution is 7.99. The first-order chi connectivity index (χ1) is 16.6. The number of nitrogens with zero attached hydrogens (tertiary/aromatic N) is 1. The van der Waals surface area contributed by atoms with Crippen LogP contribution in [0.25, 0.3) is 0 Å². The van der Waals surface area contributed by atoms with Gasteiger partial charge in [0, 0.05) is 38.0 Å². The predicted octanol–water partition coefficient (Wildman–Crippen LogP) is 2.14. The minimum absolute atomic E-state index is 0.0583. The van der Waals surface area contributed by atoms with Gasteiger partial charge in [-0.3, -0.25) is 29.0 Å². The molecule has 2 amide bonds. The van der Waals surface area contributed by atoms with Crippen molar-refractivity contribution in [3.8, 4) is 0 Å². The maximum atomic E-state index is 12.9. The van der Waals surface area contributed by atoms with Crippen molar-refractivity contribution in [1.29, 1.82) is 0 Å². The second-order valence-electron chi connectivity index (χ2n) is 7.08. The highest BCUT2D eigenvalue weighted by atomic mass is 32.2. The highest BCUT2D eigenvalue weighted by Gasteiger charge is 2.13. The van der Waals surface area contributed by atoms with Gasteiger partial charge in [0.1, 0.15) is 5.82 Å². The summed E-state index contributed by atoms with van der Waals surface area (Å²) in [7, 11) is 0. The Morgan fingerprint density at radius 2 is 1.54 bits per heavy atom. The number of ketones is 1. The van der Waals surface area contributed by atoms with Crippen molar-refractivity contribution in [3.05, 3.63) is 65.2 Å². The Morgan fingerprint density at radius 3 is 2.11 bits per heavy atom. The minimum atomic E-state index is -0.946. The summed E-state index contributed by atoms with van der Waals surface area (Å²) in [4.78, 5) is 59.6. The van der Waals surface area contributed by atoms with Crippen LogP contribution in [0.2, 0.25) is 0 Å². The van der Waals surface area contributed by atoms with Gasteiger partial charge in [-0.2, -0.15) is 0 Å². The van der Waals surface area contributed by atoms with Crippen molar-refractivity contribution in [1.82, 2.24) is 15.6 Å². The summed E-state index contributed by atoms with van der Waals surface area (Å²) < 4.78 is 12.9. The van der Waals surface area contributed by atoms with Crippen LogP contribution in [0.5, 0.6) is 0 Å². The van der Waals surface area contributed by atoms with Crippen LogP contribution in [-0.2, 0) is 20.1 Å². The molecule has 0 aliphatic rings. The van der Waals surface area contributed by atoms with Crippen LogP contribution in [0.15, 0.2) is 42.7 Å². The number of aromatic nitrogens is 1. The highest BCUT2D eigenvalue weighted by Crippen LogP contribution is 2.12. The topological polar surface area (TPSA) is 163 Å². The molecule has 0 spiro atoms. The molecule has 2 rings (SSSR count). The van der Waals surface area contributed by atoms with Crippen molar-refractivity contribution in [2.75, 3.05) is 18.8 Å². The van der Waals surface area contributed by atoms with E-state index in [2.05, 4.69) is 15.6 Å². The molecule has 0 fully saturated rings. The molecule has 1 heterocycles. The molecule has 0 saturated heterocycles. The van der Waals surface area contributed by atoms with Gasteiger partial charge in [0.05, 0.1) is 23.4 Å². The molecule has 0 aliphatic carbocycles. The van der Waals surface area contributed by atoms with Crippen LogP contribution in [0, 0.1) is 5.82 Å². The van der Waals surface area contributed by atoms with E-state index in [1.807, 2.05) is 0 Å². The van der Waals surface area contributed by atoms with Crippen LogP contribution in [0.4, 0.5) is 4.39 Å². The van der Waals surface area contributed by atoms with Crippen LogP contribution >= 0.6 is 11.8 Å². The van der Waals surface area contributed by atoms with Crippen molar-refractivity contribution in [2.24, 2.45) is 0 Å². The number of hydrogen-bond donors (Lipinski definition) is 4. The maximum absolute atomic E-state index is 12.9. The van der Waals surface area contributed by atoms with Gasteiger partial charge < -0.3 is 20.8 Å². The van der Waals surface area contributed by atoms with E-state index < -0.39 is 23.8 Å². The summed E-state index contributed by atoms with van der Waals surface area (Å²) in [6.07, 6.45) is 2.80. The fourth-order valence-corrected chi connectivity index (χ4v) is 3.29. The van der Waals surface area contributed by atoms with Gasteiger partial charge in [0.15, 0.2) is 5.78 Å². The van der Waals surface area contributed by atoms with E-state index in [1.165, 1.54) is 42.4 Å². The number of thioether (sulfide) groups is 1. The third-order valence-electron chi connectivity index (χ3n) is 4.01. The van der Waals surface area contributed by atoms with E-state index in [0.717, 1.165) is 12.5 Å². The Kier molecular flexibility index (Phi) is 13.3. The van der Waals surface area contributed by atoms with Crippen molar-refractivity contribution < 1.29 is 38.6 Å². The zero-order valence-corrected chi connectivity index (χ0v) is 19.8. The lowest BCUT2D eigenvalue weighted by atomic mass is 10.2. The molecular weight excluding hydrogens is 481 g/mol. The average molecular weight is 508 g/mol. The smallest absolute Gasteiger partial charge is 0.303 e. The van der Waals surface area contributed by atoms with Gasteiger partial charge in [0.25, 0.3) is 17.8 Å². The van der Waals surface area contributed by atoms with E-state index in [4.69, 9.17) is 15.0 Å². The maximum Gasteiger partial charge on any atom is 0.303 e. The SMILES string of the molecule is CC(=O)O.O=C(O)CCCNC(=O)c1cncc(C(=O)NCC(=O)CSCc2ccc(F)cc2)c1. The lowest BCUT2D eigenvalue weighted by molar-refractivity contribution is -0.137. The first-order valence-electron chi connectivity index (χ1n) is 10.3. The molecule has 4 N–H and O–H groups in total. The molecule has 188 valence electrons. The number of halogens is 1. The van der Waals surface area contributed by atoms with Crippen molar-refractivity contribution >= 4 is 41.3 Å². The van der Waals surface area contributed by atoms with Crippen LogP contribution < -0.4 is 10.6 Å². The Bertz CT molecular complexity index is 1030. The molecular formula is C23H26FN3O7S. The van der Waals surface area contributed by atoms with Crippen LogP contribution in [0.1, 0.15) is 46.0 Å². The third-order valence-corrected chi connectivity index (χ3v) is 5.07. The zero-order chi connectivity index (χ0) is 26.2. The number of carbonyl (C=O) groups excluding carboxylic acids is 3. The molecule has 0 bridgehead atoms. The molecule has 0 unspecified atom stereocenters. The lowest BCUT2D eigenvalue weighted by Gasteiger charge is -2.07. The van der Waals surface area contributed by atoms with Gasteiger partial charge in [-0.05, 0) is 30.2 Å². The fraction of sp³-hybridized carbons (Fsp3) is 0.304. The molecule has 2 aromatic rings. The van der Waals surface area contributed by atoms with Gasteiger partial charge in [-0.1, -0.05) is 12.1 Å². The molecule has 0 radical (unpaired) electrons. The third kappa shape index (κ3) is 13.5. The Balaban J connectivity index is 0.00000142. The van der Waals surface area contributed by atoms with E-state index in [-0.39, 0.29) is 54.4 Å². The molecule has 0 saturated carbocycles. The summed E-state index contributed by atoms with van der Waals surface area (Å²) in [5.41, 5.74) is 1.18. The summed E-state index contributed by atoms with van der Waals surface area (Å²) in [6, 6.07) is 7.36. The Morgan fingerprint density at radius 1 is 0.971 bits per heavy atom. The summed E-state index contributed by atoms with van der Waals surface area (Å²) in [5.74, 6) is -2.55. The monoisotopic (exact) mass is 507 g/mol. The predicted molar refractivity (Wildman–Crippen MR) is 127 cm³/mol. The number of hydrogen-bond acceptors (Lipinski definition) is 7. The average Bonchev–Trinajstić information content (AvgIpc) is 2.81. The van der Waals surface area contributed by atoms with Gasteiger partial charge in [-0.15, -0.1) is 11.8 Å². The largest absolute Gasteiger partial charge is 0.481 e. The summed E-state index contributed by atoms with van der Waals surface area (Å²) >= 11 is 1.36. The second-order valence-corrected chi connectivity index (χ2v) is 8.06. The molecule has 1 aromatic heterocycles. The number of Topliss-reactive ketones (excluding diaryl/α,β-unsaturated/α-hetero) is 1. The molecule has 35 heavy (non-hydrogen) atoms. The number of carbonyl (C=O) groups is 5. The van der Waals surface area contributed by atoms with Gasteiger partial charge >= 0.3 is 5.97 Å². The molecule has 12 heteroatoms. The quantitative estimate of drug-likeness (QED) is 0.315. The number of carboxylic acid groups (broad SMARTS) is 2. The Labute approximate surface area is 205 Å². The molecule has 1 aromatic carbocycles. The zero-order valence-electron chi connectivity index (χ0n) is 19.0. The number of rotatable bonds is 12. The number of benzene rings is 1. The van der Waals surface area contributed by atoms with E-state index in [1.54, 1.807) is 12.1 Å². The molecule has 0 aliphatic heterocycles. The number of nitrogens with one attached hydrogen (secondary N) is 2.